The molecule has 1 aliphatic rings. The molecule has 1 fully saturated rings. The predicted octanol–water partition coefficient (Wildman–Crippen LogP) is 4.81. The lowest BCUT2D eigenvalue weighted by atomic mass is 9.95. The van der Waals surface area contributed by atoms with Gasteiger partial charge in [0.05, 0.1) is 11.0 Å². The van der Waals surface area contributed by atoms with Crippen molar-refractivity contribution in [2.24, 2.45) is 0 Å². The second kappa shape index (κ2) is 4.72. The van der Waals surface area contributed by atoms with Crippen LogP contribution in [0.4, 0.5) is 0 Å². The molecule has 2 nitrogen and oxygen atoms in total. The van der Waals surface area contributed by atoms with Crippen LogP contribution in [0.15, 0.2) is 18.2 Å². The first-order valence-corrected chi connectivity index (χ1v) is 7.64. The highest BCUT2D eigenvalue weighted by atomic mass is 127. The fourth-order valence-electron chi connectivity index (χ4n) is 2.81. The molecule has 2 aromatic rings. The van der Waals surface area contributed by atoms with Crippen molar-refractivity contribution in [3.8, 4) is 0 Å². The summed E-state index contributed by atoms with van der Waals surface area (Å²) in [6, 6.07) is 7.12. The lowest BCUT2D eigenvalue weighted by molar-refractivity contribution is 0.357. The largest absolute Gasteiger partial charge is 0.331 e. The highest BCUT2D eigenvalue weighted by molar-refractivity contribution is 14.1. The van der Waals surface area contributed by atoms with E-state index in [0.717, 1.165) is 4.77 Å². The van der Waals surface area contributed by atoms with Crippen LogP contribution in [0, 0.1) is 8.34 Å². The fourth-order valence-corrected chi connectivity index (χ4v) is 3.65. The molecule has 0 atom stereocenters. The molecule has 0 bridgehead atoms. The van der Waals surface area contributed by atoms with E-state index >= 15 is 0 Å². The number of aromatic nitrogens is 2. The molecule has 90 valence electrons. The third kappa shape index (κ3) is 2.17. The van der Waals surface area contributed by atoms with Crippen LogP contribution in [0.2, 0.25) is 0 Å². The molecule has 1 aromatic heterocycles. The van der Waals surface area contributed by atoms with E-state index in [9.17, 15) is 0 Å². The maximum absolute atomic E-state index is 5.48. The van der Waals surface area contributed by atoms with E-state index in [-0.39, 0.29) is 0 Å². The lowest BCUT2D eigenvalue weighted by Gasteiger charge is -2.23. The zero-order valence-corrected chi connectivity index (χ0v) is 12.6. The van der Waals surface area contributed by atoms with Gasteiger partial charge in [-0.1, -0.05) is 19.3 Å². The Labute approximate surface area is 120 Å². The van der Waals surface area contributed by atoms with Crippen molar-refractivity contribution in [1.82, 2.24) is 9.55 Å². The summed E-state index contributed by atoms with van der Waals surface area (Å²) in [6.07, 6.45) is 6.59. The zero-order valence-electron chi connectivity index (χ0n) is 9.58. The molecular weight excluding hydrogens is 343 g/mol. The second-order valence-electron chi connectivity index (χ2n) is 4.75. The summed E-state index contributed by atoms with van der Waals surface area (Å²) >= 11 is 7.82. The van der Waals surface area contributed by atoms with Crippen LogP contribution in [0.3, 0.4) is 0 Å². The molecule has 0 amide bonds. The van der Waals surface area contributed by atoms with E-state index in [0.29, 0.717) is 6.04 Å². The maximum atomic E-state index is 5.48. The summed E-state index contributed by atoms with van der Waals surface area (Å²) in [5.74, 6) is 0. The van der Waals surface area contributed by atoms with Gasteiger partial charge < -0.3 is 9.55 Å². The Morgan fingerprint density at radius 3 is 2.76 bits per heavy atom. The third-order valence-corrected chi connectivity index (χ3v) is 4.59. The molecule has 1 N–H and O–H groups in total. The SMILES string of the molecule is S=c1[nH]c2cc(I)ccc2n1C1CCCCC1. The van der Waals surface area contributed by atoms with E-state index in [1.54, 1.807) is 0 Å². The number of hydrogen-bond acceptors (Lipinski definition) is 1. The van der Waals surface area contributed by atoms with Gasteiger partial charge in [-0.3, -0.25) is 0 Å². The van der Waals surface area contributed by atoms with Gasteiger partial charge in [-0.2, -0.15) is 0 Å². The molecule has 1 aliphatic carbocycles. The van der Waals surface area contributed by atoms with Gasteiger partial charge in [0.1, 0.15) is 0 Å². The Morgan fingerprint density at radius 2 is 2.00 bits per heavy atom. The zero-order chi connectivity index (χ0) is 11.8. The van der Waals surface area contributed by atoms with Crippen molar-refractivity contribution >= 4 is 45.8 Å². The van der Waals surface area contributed by atoms with Crippen LogP contribution >= 0.6 is 34.8 Å². The Morgan fingerprint density at radius 1 is 1.24 bits per heavy atom. The molecule has 4 heteroatoms. The standard InChI is InChI=1S/C13H15IN2S/c14-9-6-7-12-11(8-9)15-13(17)16(12)10-4-2-1-3-5-10/h6-8,10H,1-5H2,(H,15,17). The average Bonchev–Trinajstić information content (AvgIpc) is 2.65. The lowest BCUT2D eigenvalue weighted by Crippen LogP contribution is -2.12. The molecule has 1 saturated carbocycles. The Hall–Kier alpha value is -0.360. The number of fused-ring (bicyclic) bond motifs is 1. The van der Waals surface area contributed by atoms with Crippen LogP contribution < -0.4 is 0 Å². The molecule has 0 spiro atoms. The average molecular weight is 358 g/mol. The third-order valence-electron chi connectivity index (χ3n) is 3.62. The number of halogens is 1. The minimum Gasteiger partial charge on any atom is -0.331 e. The van der Waals surface area contributed by atoms with Crippen LogP contribution in [0.25, 0.3) is 11.0 Å². The van der Waals surface area contributed by atoms with Gasteiger partial charge in [-0.25, -0.2) is 0 Å². The monoisotopic (exact) mass is 358 g/mol. The smallest absolute Gasteiger partial charge is 0.178 e. The second-order valence-corrected chi connectivity index (χ2v) is 6.39. The summed E-state index contributed by atoms with van der Waals surface area (Å²) in [5, 5.41) is 0. The number of benzene rings is 1. The van der Waals surface area contributed by atoms with Gasteiger partial charge >= 0.3 is 0 Å². The Bertz CT molecular complexity index is 593. The van der Waals surface area contributed by atoms with Crippen molar-refractivity contribution in [2.75, 3.05) is 0 Å². The quantitative estimate of drug-likeness (QED) is 0.573. The van der Waals surface area contributed by atoms with Crippen LogP contribution in [0.5, 0.6) is 0 Å². The highest BCUT2D eigenvalue weighted by Gasteiger charge is 2.18. The van der Waals surface area contributed by atoms with Crippen molar-refractivity contribution in [3.63, 3.8) is 0 Å². The summed E-state index contributed by atoms with van der Waals surface area (Å²) in [5.41, 5.74) is 2.44. The summed E-state index contributed by atoms with van der Waals surface area (Å²) in [7, 11) is 0. The normalized spacial score (nSPS) is 17.7. The van der Waals surface area contributed by atoms with E-state index in [1.165, 1.54) is 46.7 Å². The number of H-pyrrole nitrogens is 1. The molecule has 17 heavy (non-hydrogen) atoms. The van der Waals surface area contributed by atoms with Gasteiger partial charge in [0, 0.05) is 9.61 Å². The molecule has 1 heterocycles. The number of nitrogens with zero attached hydrogens (tertiary/aromatic N) is 1. The molecular formula is C13H15IN2S. The number of aromatic amines is 1. The molecule has 0 radical (unpaired) electrons. The predicted molar refractivity (Wildman–Crippen MR) is 82.0 cm³/mol. The van der Waals surface area contributed by atoms with E-state index in [2.05, 4.69) is 50.3 Å². The van der Waals surface area contributed by atoms with Crippen molar-refractivity contribution in [2.45, 2.75) is 38.1 Å². The fraction of sp³-hybridized carbons (Fsp3) is 0.462. The van der Waals surface area contributed by atoms with Crippen molar-refractivity contribution in [3.05, 3.63) is 26.5 Å². The summed E-state index contributed by atoms with van der Waals surface area (Å²) in [4.78, 5) is 3.34. The molecule has 0 saturated heterocycles. The van der Waals surface area contributed by atoms with E-state index in [4.69, 9.17) is 12.2 Å². The van der Waals surface area contributed by atoms with Crippen LogP contribution in [0.1, 0.15) is 38.1 Å². The van der Waals surface area contributed by atoms with E-state index in [1.807, 2.05) is 0 Å². The Balaban J connectivity index is 2.14. The van der Waals surface area contributed by atoms with Gasteiger partial charge in [0.2, 0.25) is 0 Å². The van der Waals surface area contributed by atoms with E-state index < -0.39 is 0 Å². The Kier molecular flexibility index (Phi) is 3.25. The van der Waals surface area contributed by atoms with Crippen molar-refractivity contribution in [1.29, 1.82) is 0 Å². The maximum Gasteiger partial charge on any atom is 0.178 e. The van der Waals surface area contributed by atoms with Gasteiger partial charge in [-0.05, 0) is 65.8 Å². The summed E-state index contributed by atoms with van der Waals surface area (Å²) in [6.45, 7) is 0. The van der Waals surface area contributed by atoms with Crippen molar-refractivity contribution < 1.29 is 0 Å². The van der Waals surface area contributed by atoms with Crippen LogP contribution in [-0.2, 0) is 0 Å². The number of hydrogen-bond donors (Lipinski definition) is 1. The summed E-state index contributed by atoms with van der Waals surface area (Å²) < 4.78 is 4.47. The molecule has 3 rings (SSSR count). The topological polar surface area (TPSA) is 20.7 Å². The molecule has 0 aliphatic heterocycles. The van der Waals surface area contributed by atoms with Gasteiger partial charge in [0.15, 0.2) is 4.77 Å². The molecule has 1 aromatic carbocycles. The number of imidazole rings is 1. The number of rotatable bonds is 1. The minimum absolute atomic E-state index is 0.602. The molecule has 0 unspecified atom stereocenters. The highest BCUT2D eigenvalue weighted by Crippen LogP contribution is 2.31. The van der Waals surface area contributed by atoms with Gasteiger partial charge in [-0.15, -0.1) is 0 Å². The minimum atomic E-state index is 0.602. The number of nitrogens with one attached hydrogen (secondary N) is 1. The van der Waals surface area contributed by atoms with Crippen LogP contribution in [-0.4, -0.2) is 9.55 Å². The first-order valence-electron chi connectivity index (χ1n) is 6.15. The first kappa shape index (κ1) is 11.7. The van der Waals surface area contributed by atoms with Gasteiger partial charge in [0.25, 0.3) is 0 Å². The first-order chi connectivity index (χ1) is 8.25.